The van der Waals surface area contributed by atoms with E-state index in [1.807, 2.05) is 18.2 Å². The van der Waals surface area contributed by atoms with Gasteiger partial charge >= 0.3 is 0 Å². The maximum Gasteiger partial charge on any atom is 0.159 e. The number of nitrogens with zero attached hydrogens (tertiary/aromatic N) is 4. The molecule has 0 aliphatic heterocycles. The van der Waals surface area contributed by atoms with E-state index in [1.165, 1.54) is 18.5 Å². The molecule has 1 N–H and O–H groups in total. The van der Waals surface area contributed by atoms with Crippen LogP contribution >= 0.6 is 11.6 Å². The zero-order valence-electron chi connectivity index (χ0n) is 16.9. The predicted molar refractivity (Wildman–Crippen MR) is 113 cm³/mol. The van der Waals surface area contributed by atoms with Crippen molar-refractivity contribution in [1.82, 2.24) is 19.4 Å². The van der Waals surface area contributed by atoms with Crippen molar-refractivity contribution in [2.45, 2.75) is 38.0 Å². The molecule has 158 valence electrons. The molecule has 31 heavy (non-hydrogen) atoms. The van der Waals surface area contributed by atoms with Gasteiger partial charge in [-0.1, -0.05) is 29.8 Å². The van der Waals surface area contributed by atoms with Crippen LogP contribution in [0.15, 0.2) is 48.9 Å². The second-order valence-corrected chi connectivity index (χ2v) is 8.68. The van der Waals surface area contributed by atoms with Crippen molar-refractivity contribution in [3.8, 4) is 11.1 Å². The van der Waals surface area contributed by atoms with E-state index < -0.39 is 17.6 Å². The third-order valence-corrected chi connectivity index (χ3v) is 5.98. The zero-order chi connectivity index (χ0) is 21.9. The Hall–Kier alpha value is -2.90. The molecule has 3 heterocycles. The molecule has 0 radical (unpaired) electrons. The standard InChI is InChI=1S/C23H19ClF2N4O/c1-23(2,31)22-27-9-12(10-28-22)15-11-30-19(8-17(15)25)29-20-18(26)7-14(21(20)30)13-5-3-4-6-16(13)24/h3-6,8-11,14,18,31H,7H2,1-2H3/t14-,18-/m1/s1. The Morgan fingerprint density at radius 2 is 1.90 bits per heavy atom. The van der Waals surface area contributed by atoms with Crippen LogP contribution in [0.25, 0.3) is 16.8 Å². The number of imidazole rings is 1. The molecule has 4 aromatic rings. The van der Waals surface area contributed by atoms with Crippen LogP contribution in [0.5, 0.6) is 0 Å². The lowest BCUT2D eigenvalue weighted by atomic mass is 9.96. The molecule has 0 spiro atoms. The third-order valence-electron chi connectivity index (χ3n) is 5.64. The van der Waals surface area contributed by atoms with Crippen LogP contribution in [0.4, 0.5) is 8.78 Å². The van der Waals surface area contributed by atoms with E-state index in [0.29, 0.717) is 27.6 Å². The summed E-state index contributed by atoms with van der Waals surface area (Å²) in [6.45, 7) is 3.15. The van der Waals surface area contributed by atoms with Crippen molar-refractivity contribution in [2.24, 2.45) is 0 Å². The number of aliphatic hydroxyl groups is 1. The highest BCUT2D eigenvalue weighted by molar-refractivity contribution is 6.31. The molecule has 3 aromatic heterocycles. The van der Waals surface area contributed by atoms with Crippen LogP contribution < -0.4 is 0 Å². The summed E-state index contributed by atoms with van der Waals surface area (Å²) in [7, 11) is 0. The minimum absolute atomic E-state index is 0.236. The topological polar surface area (TPSA) is 63.3 Å². The lowest BCUT2D eigenvalue weighted by Gasteiger charge is -2.16. The van der Waals surface area contributed by atoms with Gasteiger partial charge in [-0.2, -0.15) is 0 Å². The highest BCUT2D eigenvalue weighted by Crippen LogP contribution is 2.47. The number of aromatic nitrogens is 4. The Balaban J connectivity index is 1.67. The quantitative estimate of drug-likeness (QED) is 0.466. The summed E-state index contributed by atoms with van der Waals surface area (Å²) in [4.78, 5) is 12.7. The summed E-state index contributed by atoms with van der Waals surface area (Å²) in [5, 5.41) is 10.6. The molecule has 0 saturated carbocycles. The smallest absolute Gasteiger partial charge is 0.159 e. The Labute approximate surface area is 182 Å². The van der Waals surface area contributed by atoms with Crippen LogP contribution in [0.2, 0.25) is 5.02 Å². The van der Waals surface area contributed by atoms with Gasteiger partial charge in [-0.15, -0.1) is 0 Å². The highest BCUT2D eigenvalue weighted by Gasteiger charge is 2.38. The molecule has 1 aliphatic rings. The lowest BCUT2D eigenvalue weighted by Crippen LogP contribution is -2.19. The Bertz CT molecular complexity index is 1300. The second kappa shape index (κ2) is 7.07. The normalized spacial score (nSPS) is 18.5. The fourth-order valence-electron chi connectivity index (χ4n) is 4.14. The fourth-order valence-corrected chi connectivity index (χ4v) is 4.40. The minimum atomic E-state index is -1.25. The molecular formula is C23H19ClF2N4O. The molecule has 0 bridgehead atoms. The molecular weight excluding hydrogens is 422 g/mol. The molecule has 5 rings (SSSR count). The van der Waals surface area contributed by atoms with Gasteiger partial charge in [0.2, 0.25) is 0 Å². The fraction of sp³-hybridized carbons (Fsp3) is 0.261. The first-order chi connectivity index (χ1) is 14.7. The van der Waals surface area contributed by atoms with Crippen LogP contribution in [0, 0.1) is 5.82 Å². The summed E-state index contributed by atoms with van der Waals surface area (Å²) in [6.07, 6.45) is 3.51. The van der Waals surface area contributed by atoms with Crippen molar-refractivity contribution in [2.75, 3.05) is 0 Å². The molecule has 5 nitrogen and oxygen atoms in total. The molecule has 1 aliphatic carbocycles. The highest BCUT2D eigenvalue weighted by atomic mass is 35.5. The van der Waals surface area contributed by atoms with Gasteiger partial charge in [-0.3, -0.25) is 0 Å². The predicted octanol–water partition coefficient (Wildman–Crippen LogP) is 5.36. The summed E-state index contributed by atoms with van der Waals surface area (Å²) < 4.78 is 31.5. The van der Waals surface area contributed by atoms with Crippen LogP contribution in [-0.2, 0) is 5.60 Å². The second-order valence-electron chi connectivity index (χ2n) is 8.28. The van der Waals surface area contributed by atoms with Gasteiger partial charge in [0.25, 0.3) is 0 Å². The zero-order valence-corrected chi connectivity index (χ0v) is 17.6. The summed E-state index contributed by atoms with van der Waals surface area (Å²) in [5.74, 6) is -0.568. The summed E-state index contributed by atoms with van der Waals surface area (Å²) >= 11 is 6.39. The van der Waals surface area contributed by atoms with Gasteiger partial charge in [-0.05, 0) is 31.9 Å². The van der Waals surface area contributed by atoms with Crippen LogP contribution in [-0.4, -0.2) is 24.5 Å². The van der Waals surface area contributed by atoms with E-state index >= 15 is 0 Å². The molecule has 2 atom stereocenters. The van der Waals surface area contributed by atoms with Crippen molar-refractivity contribution < 1.29 is 13.9 Å². The van der Waals surface area contributed by atoms with Gasteiger partial charge in [0.05, 0.1) is 11.4 Å². The maximum atomic E-state index is 14.9. The number of hydrogen-bond donors (Lipinski definition) is 1. The first-order valence-electron chi connectivity index (χ1n) is 9.89. The number of alkyl halides is 1. The van der Waals surface area contributed by atoms with Crippen LogP contribution in [0.3, 0.4) is 0 Å². The molecule has 0 saturated heterocycles. The first-order valence-corrected chi connectivity index (χ1v) is 10.3. The monoisotopic (exact) mass is 440 g/mol. The van der Waals surface area contributed by atoms with Crippen molar-refractivity contribution in [3.05, 3.63) is 82.5 Å². The summed E-state index contributed by atoms with van der Waals surface area (Å²) in [5.41, 5.74) is 1.63. The number of benzene rings is 1. The Morgan fingerprint density at radius 1 is 1.19 bits per heavy atom. The SMILES string of the molecule is CC(C)(O)c1ncc(-c2cn3c4c(nc3cc2F)[C@H](F)C[C@@H]4c2ccccc2Cl)cn1. The van der Waals surface area contributed by atoms with Gasteiger partial charge in [0.1, 0.15) is 23.2 Å². The van der Waals surface area contributed by atoms with Crippen molar-refractivity contribution in [3.63, 3.8) is 0 Å². The molecule has 0 amide bonds. The van der Waals surface area contributed by atoms with Gasteiger partial charge < -0.3 is 9.51 Å². The van der Waals surface area contributed by atoms with E-state index in [4.69, 9.17) is 11.6 Å². The molecule has 0 unspecified atom stereocenters. The maximum absolute atomic E-state index is 14.9. The van der Waals surface area contributed by atoms with Crippen molar-refractivity contribution in [1.29, 1.82) is 0 Å². The molecule has 0 fully saturated rings. The third kappa shape index (κ3) is 3.28. The number of hydrogen-bond acceptors (Lipinski definition) is 4. The van der Waals surface area contributed by atoms with E-state index in [-0.39, 0.29) is 23.7 Å². The van der Waals surface area contributed by atoms with E-state index in [1.54, 1.807) is 30.5 Å². The molecule has 1 aromatic carbocycles. The van der Waals surface area contributed by atoms with Gasteiger partial charge in [-0.25, -0.2) is 23.7 Å². The summed E-state index contributed by atoms with van der Waals surface area (Å²) in [6, 6.07) is 8.63. The molecule has 8 heteroatoms. The van der Waals surface area contributed by atoms with Crippen molar-refractivity contribution >= 4 is 17.2 Å². The number of fused-ring (bicyclic) bond motifs is 3. The Morgan fingerprint density at radius 3 is 2.58 bits per heavy atom. The van der Waals surface area contributed by atoms with Crippen LogP contribution in [0.1, 0.15) is 55.1 Å². The van der Waals surface area contributed by atoms with Gasteiger partial charge in [0.15, 0.2) is 5.82 Å². The van der Waals surface area contributed by atoms with Gasteiger partial charge in [0, 0.05) is 46.7 Å². The first kappa shape index (κ1) is 20.0. The lowest BCUT2D eigenvalue weighted by molar-refractivity contribution is 0.0687. The number of rotatable bonds is 3. The average Bonchev–Trinajstić information content (AvgIpc) is 3.24. The Kier molecular flexibility index (Phi) is 4.57. The van der Waals surface area contributed by atoms with E-state index in [9.17, 15) is 13.9 Å². The minimum Gasteiger partial charge on any atom is -0.382 e. The van der Waals surface area contributed by atoms with E-state index in [2.05, 4.69) is 15.0 Å². The number of halogens is 3. The largest absolute Gasteiger partial charge is 0.382 e. The number of pyridine rings is 1. The van der Waals surface area contributed by atoms with E-state index in [0.717, 1.165) is 5.56 Å². The average molecular weight is 441 g/mol.